The third-order valence-electron chi connectivity index (χ3n) is 4.80. The number of hydrogen-bond donors (Lipinski definition) is 2. The Morgan fingerprint density at radius 3 is 2.36 bits per heavy atom. The maximum Gasteiger partial charge on any atom is 0.227 e. The van der Waals surface area contributed by atoms with Crippen molar-refractivity contribution >= 4 is 17.5 Å². The van der Waals surface area contributed by atoms with Gasteiger partial charge in [0.2, 0.25) is 11.2 Å². The van der Waals surface area contributed by atoms with E-state index in [4.69, 9.17) is 11.6 Å². The van der Waals surface area contributed by atoms with Crippen LogP contribution in [-0.4, -0.2) is 33.1 Å². The lowest BCUT2D eigenvalue weighted by molar-refractivity contribution is 0.301. The van der Waals surface area contributed by atoms with Gasteiger partial charge in [0.05, 0.1) is 0 Å². The van der Waals surface area contributed by atoms with E-state index < -0.39 is 0 Å². The van der Waals surface area contributed by atoms with E-state index in [1.807, 2.05) is 0 Å². The quantitative estimate of drug-likeness (QED) is 0.811. The van der Waals surface area contributed by atoms with Gasteiger partial charge in [0.25, 0.3) is 0 Å². The van der Waals surface area contributed by atoms with Crippen molar-refractivity contribution in [1.29, 1.82) is 0 Å². The number of hydrogen-bond acceptors (Lipinski definition) is 5. The fourth-order valence-electron chi connectivity index (χ4n) is 4.16. The van der Waals surface area contributed by atoms with Crippen LogP contribution in [0.1, 0.15) is 73.1 Å². The van der Waals surface area contributed by atoms with E-state index >= 15 is 0 Å². The lowest BCUT2D eigenvalue weighted by Gasteiger charge is -2.33. The molecule has 2 aliphatic heterocycles. The van der Waals surface area contributed by atoms with Crippen molar-refractivity contribution < 1.29 is 0 Å². The zero-order chi connectivity index (χ0) is 18.5. The number of anilines is 1. The normalized spacial score (nSPS) is 23.4. The van der Waals surface area contributed by atoms with Crippen molar-refractivity contribution in [1.82, 2.24) is 20.3 Å². The third-order valence-corrected chi connectivity index (χ3v) is 4.98. The molecular weight excluding hydrogens is 334 g/mol. The molecule has 25 heavy (non-hydrogen) atoms. The Labute approximate surface area is 157 Å². The van der Waals surface area contributed by atoms with Crippen LogP contribution in [-0.2, 0) is 0 Å². The molecular formula is C19H34ClN5. The zero-order valence-corrected chi connectivity index (χ0v) is 17.2. The van der Waals surface area contributed by atoms with Gasteiger partial charge >= 0.3 is 0 Å². The number of nitrogens with zero attached hydrogens (tertiary/aromatic N) is 3. The van der Waals surface area contributed by atoms with Gasteiger partial charge in [-0.05, 0) is 81.9 Å². The Morgan fingerprint density at radius 1 is 1.08 bits per heavy atom. The molecule has 1 saturated carbocycles. The van der Waals surface area contributed by atoms with Crippen molar-refractivity contribution in [3.8, 4) is 0 Å². The Morgan fingerprint density at radius 2 is 1.76 bits per heavy atom. The first-order valence-corrected chi connectivity index (χ1v) is 9.87. The molecule has 0 radical (unpaired) electrons. The van der Waals surface area contributed by atoms with Crippen LogP contribution < -0.4 is 10.6 Å². The van der Waals surface area contributed by atoms with Crippen molar-refractivity contribution in [2.75, 3.05) is 11.9 Å². The molecule has 1 aromatic heterocycles. The minimum Gasteiger partial charge on any atom is -0.349 e. The maximum atomic E-state index is 5.70. The highest BCUT2D eigenvalue weighted by atomic mass is 35.5. The summed E-state index contributed by atoms with van der Waals surface area (Å²) in [6.07, 6.45) is 9.75. The average Bonchev–Trinajstić information content (AvgIpc) is 2.82. The van der Waals surface area contributed by atoms with Crippen LogP contribution in [0.15, 0.2) is 6.33 Å². The van der Waals surface area contributed by atoms with E-state index in [0.717, 1.165) is 18.4 Å². The summed E-state index contributed by atoms with van der Waals surface area (Å²) < 4.78 is 0. The Balaban J connectivity index is 0.000000208. The molecule has 3 aliphatic rings. The molecule has 0 amide bonds. The van der Waals surface area contributed by atoms with Gasteiger partial charge < -0.3 is 10.6 Å². The molecule has 6 heteroatoms. The van der Waals surface area contributed by atoms with Crippen LogP contribution in [0, 0.1) is 11.3 Å². The first-order valence-electron chi connectivity index (χ1n) is 9.49. The van der Waals surface area contributed by atoms with Gasteiger partial charge in [0.15, 0.2) is 0 Å². The van der Waals surface area contributed by atoms with Crippen LogP contribution in [0.25, 0.3) is 0 Å². The van der Waals surface area contributed by atoms with Crippen LogP contribution in [0.2, 0.25) is 5.28 Å². The van der Waals surface area contributed by atoms with Gasteiger partial charge in [-0.15, -0.1) is 0 Å². The van der Waals surface area contributed by atoms with E-state index in [2.05, 4.69) is 60.2 Å². The van der Waals surface area contributed by atoms with E-state index in [-0.39, 0.29) is 16.2 Å². The van der Waals surface area contributed by atoms with Crippen molar-refractivity contribution in [2.45, 2.75) is 84.7 Å². The summed E-state index contributed by atoms with van der Waals surface area (Å²) in [5.74, 6) is 1.60. The Kier molecular flexibility index (Phi) is 7.03. The highest BCUT2D eigenvalue weighted by molar-refractivity contribution is 6.28. The van der Waals surface area contributed by atoms with Crippen LogP contribution in [0.3, 0.4) is 0 Å². The smallest absolute Gasteiger partial charge is 0.227 e. The maximum absolute atomic E-state index is 5.70. The lowest BCUT2D eigenvalue weighted by Crippen LogP contribution is -2.36. The zero-order valence-electron chi connectivity index (χ0n) is 16.4. The summed E-state index contributed by atoms with van der Waals surface area (Å²) in [7, 11) is 0. The summed E-state index contributed by atoms with van der Waals surface area (Å²) in [6, 6.07) is 0.892. The standard InChI is InChI=1S/C11H19ClN4.C8H15N/c1-10(2,3)6-11(4,5)16-9-14-7-13-8(12)15-9;1-3-8-4-2-7(1)5-6-9-8/h7H,6H2,1-5H3,(H,13,14,15,16);7-9H,1-6H2. The minimum atomic E-state index is -0.0804. The lowest BCUT2D eigenvalue weighted by atomic mass is 9.82. The topological polar surface area (TPSA) is 62.7 Å². The minimum absolute atomic E-state index is 0.0804. The van der Waals surface area contributed by atoms with E-state index in [0.29, 0.717) is 5.95 Å². The highest BCUT2D eigenvalue weighted by Gasteiger charge is 2.26. The van der Waals surface area contributed by atoms with Gasteiger partial charge in [-0.25, -0.2) is 9.97 Å². The molecule has 0 spiro atoms. The average molecular weight is 368 g/mol. The predicted molar refractivity (Wildman–Crippen MR) is 105 cm³/mol. The third kappa shape index (κ3) is 7.87. The summed E-state index contributed by atoms with van der Waals surface area (Å²) >= 11 is 5.70. The van der Waals surface area contributed by atoms with E-state index in [9.17, 15) is 0 Å². The molecule has 4 rings (SSSR count). The summed E-state index contributed by atoms with van der Waals surface area (Å²) in [4.78, 5) is 11.8. The summed E-state index contributed by atoms with van der Waals surface area (Å²) in [6.45, 7) is 12.1. The van der Waals surface area contributed by atoms with E-state index in [1.54, 1.807) is 0 Å². The second-order valence-electron chi connectivity index (χ2n) is 9.28. The predicted octanol–water partition coefficient (Wildman–Crippen LogP) is 4.69. The molecule has 5 nitrogen and oxygen atoms in total. The second-order valence-corrected chi connectivity index (χ2v) is 9.62. The van der Waals surface area contributed by atoms with E-state index in [1.165, 1.54) is 45.0 Å². The molecule has 2 saturated heterocycles. The first-order chi connectivity index (χ1) is 11.6. The molecule has 2 N–H and O–H groups in total. The van der Waals surface area contributed by atoms with Crippen molar-refractivity contribution in [3.63, 3.8) is 0 Å². The van der Waals surface area contributed by atoms with Gasteiger partial charge in [0, 0.05) is 11.6 Å². The molecule has 3 heterocycles. The second kappa shape index (κ2) is 8.63. The Bertz CT molecular complexity index is 515. The molecule has 0 unspecified atom stereocenters. The van der Waals surface area contributed by atoms with Gasteiger partial charge in [-0.1, -0.05) is 20.8 Å². The van der Waals surface area contributed by atoms with Gasteiger partial charge in [0.1, 0.15) is 6.33 Å². The molecule has 2 bridgehead atoms. The Hall–Kier alpha value is -0.940. The first kappa shape index (κ1) is 20.4. The molecule has 0 atom stereocenters. The number of nitrogens with one attached hydrogen (secondary N) is 2. The fraction of sp³-hybridized carbons (Fsp3) is 0.842. The van der Waals surface area contributed by atoms with Crippen LogP contribution in [0.5, 0.6) is 0 Å². The number of halogens is 1. The summed E-state index contributed by atoms with van der Waals surface area (Å²) in [5, 5.41) is 7.05. The van der Waals surface area contributed by atoms with Gasteiger partial charge in [-0.3, -0.25) is 0 Å². The van der Waals surface area contributed by atoms with Gasteiger partial charge in [-0.2, -0.15) is 4.98 Å². The summed E-state index contributed by atoms with van der Waals surface area (Å²) in [5.41, 5.74) is 0.163. The molecule has 3 fully saturated rings. The largest absolute Gasteiger partial charge is 0.349 e. The number of aromatic nitrogens is 3. The monoisotopic (exact) mass is 367 g/mol. The number of fused-ring (bicyclic) bond motifs is 4. The van der Waals surface area contributed by atoms with Crippen LogP contribution in [0.4, 0.5) is 5.95 Å². The molecule has 1 aliphatic carbocycles. The SMILES string of the molecule is C1CC2CCC(CC2)N1.CC(C)(C)CC(C)(C)Nc1ncnc(Cl)n1. The highest BCUT2D eigenvalue weighted by Crippen LogP contribution is 2.29. The molecule has 0 aromatic carbocycles. The number of rotatable bonds is 3. The molecule has 1 aromatic rings. The van der Waals surface area contributed by atoms with Crippen LogP contribution >= 0.6 is 11.6 Å². The fourth-order valence-corrected chi connectivity index (χ4v) is 4.28. The van der Waals surface area contributed by atoms with Crippen molar-refractivity contribution in [3.05, 3.63) is 11.6 Å². The molecule has 142 valence electrons. The van der Waals surface area contributed by atoms with Crippen molar-refractivity contribution in [2.24, 2.45) is 11.3 Å².